The highest BCUT2D eigenvalue weighted by molar-refractivity contribution is 8.00. The second kappa shape index (κ2) is 10.3. The first-order valence-electron chi connectivity index (χ1n) is 10.2. The summed E-state index contributed by atoms with van der Waals surface area (Å²) in [4.78, 5) is 42.0. The van der Waals surface area contributed by atoms with Gasteiger partial charge in [0.25, 0.3) is 11.6 Å². The van der Waals surface area contributed by atoms with Gasteiger partial charge in [0.2, 0.25) is 0 Å². The average molecular weight is 502 g/mol. The second-order valence-corrected chi connectivity index (χ2v) is 8.87. The fourth-order valence-electron chi connectivity index (χ4n) is 3.58. The van der Waals surface area contributed by atoms with Crippen LogP contribution in [0, 0.1) is 10.1 Å². The van der Waals surface area contributed by atoms with Gasteiger partial charge in [0, 0.05) is 30.0 Å². The third kappa shape index (κ3) is 4.78. The monoisotopic (exact) mass is 501 g/mol. The molecule has 2 aromatic carbocycles. The number of methoxy groups -OCH3 is 1. The number of nitro benzene ring substituents is 1. The summed E-state index contributed by atoms with van der Waals surface area (Å²) >= 11 is 7.52. The number of nitro groups is 1. The van der Waals surface area contributed by atoms with Crippen LogP contribution in [0.25, 0.3) is 0 Å². The van der Waals surface area contributed by atoms with Gasteiger partial charge in [0.05, 0.1) is 12.0 Å². The number of esters is 1. The van der Waals surface area contributed by atoms with Crippen LogP contribution in [0.3, 0.4) is 0 Å². The number of carbonyl (C=O) groups excluding carboxylic acids is 2. The lowest BCUT2D eigenvalue weighted by atomic mass is 10.0. The molecule has 2 aliphatic rings. The summed E-state index contributed by atoms with van der Waals surface area (Å²) in [7, 11) is 1.57. The Morgan fingerprint density at radius 2 is 2.09 bits per heavy atom. The topological polar surface area (TPSA) is 111 Å². The third-order valence-electron chi connectivity index (χ3n) is 5.37. The van der Waals surface area contributed by atoms with Crippen LogP contribution in [0.15, 0.2) is 64.8 Å². The Hall–Kier alpha value is -3.37. The summed E-state index contributed by atoms with van der Waals surface area (Å²) in [5, 5.41) is 10.6. The number of halogens is 1. The molecule has 0 aromatic heterocycles. The first kappa shape index (κ1) is 23.8. The van der Waals surface area contributed by atoms with E-state index in [4.69, 9.17) is 21.1 Å². The van der Waals surface area contributed by atoms with E-state index in [1.165, 1.54) is 35.0 Å². The maximum absolute atomic E-state index is 12.9. The number of fused-ring (bicyclic) bond motifs is 1. The Kier molecular flexibility index (Phi) is 7.18. The highest BCUT2D eigenvalue weighted by Gasteiger charge is 2.53. The number of carbonyl (C=O) groups is 2. The van der Waals surface area contributed by atoms with Crippen molar-refractivity contribution in [3.05, 3.63) is 81.0 Å². The van der Waals surface area contributed by atoms with E-state index in [-0.39, 0.29) is 35.2 Å². The number of nitrogens with zero attached hydrogens (tertiary/aromatic N) is 3. The van der Waals surface area contributed by atoms with Crippen molar-refractivity contribution in [2.45, 2.75) is 18.0 Å². The minimum Gasteiger partial charge on any atom is -0.497 e. The van der Waals surface area contributed by atoms with Gasteiger partial charge in [0.1, 0.15) is 23.4 Å². The first-order chi connectivity index (χ1) is 16.4. The molecule has 0 radical (unpaired) electrons. The van der Waals surface area contributed by atoms with E-state index in [9.17, 15) is 19.7 Å². The Labute approximate surface area is 204 Å². The van der Waals surface area contributed by atoms with Crippen LogP contribution in [0.1, 0.15) is 11.1 Å². The molecule has 0 spiro atoms. The van der Waals surface area contributed by atoms with Crippen molar-refractivity contribution in [2.24, 2.45) is 4.99 Å². The van der Waals surface area contributed by atoms with Gasteiger partial charge in [-0.05, 0) is 28.8 Å². The number of aliphatic imine (C=N–C) groups is 1. The number of ether oxygens (including phenoxy) is 2. The van der Waals surface area contributed by atoms with E-state index in [1.807, 2.05) is 0 Å². The SMILES string of the molecule is COc1ccc(COC(=O)C2=C(CCl)CS[C@@H]3[C@H](N=Cc4cccc([N+](=O)[O-])c4)C(=O)N23)cc1. The Morgan fingerprint density at radius 3 is 2.76 bits per heavy atom. The number of alkyl halides is 1. The number of thioether (sulfide) groups is 1. The molecule has 11 heteroatoms. The lowest BCUT2D eigenvalue weighted by Gasteiger charge is -2.48. The zero-order chi connectivity index (χ0) is 24.2. The Morgan fingerprint density at radius 1 is 1.32 bits per heavy atom. The van der Waals surface area contributed by atoms with E-state index in [0.717, 1.165) is 5.56 Å². The van der Waals surface area contributed by atoms with Gasteiger partial charge in [-0.1, -0.05) is 24.3 Å². The summed E-state index contributed by atoms with van der Waals surface area (Å²) in [6, 6.07) is 12.4. The van der Waals surface area contributed by atoms with Gasteiger partial charge < -0.3 is 9.47 Å². The van der Waals surface area contributed by atoms with Gasteiger partial charge >= 0.3 is 5.97 Å². The third-order valence-corrected chi connectivity index (χ3v) is 7.02. The number of hydrogen-bond acceptors (Lipinski definition) is 8. The zero-order valence-electron chi connectivity index (χ0n) is 18.0. The van der Waals surface area contributed by atoms with E-state index >= 15 is 0 Å². The molecule has 2 aliphatic heterocycles. The standard InChI is InChI=1S/C23H20ClN3O6S/c1-32-18-7-5-14(6-8-18)12-33-23(29)20-16(10-24)13-34-22-19(21(28)26(20)22)25-11-15-3-2-4-17(9-15)27(30)31/h2-9,11,19,22H,10,12-13H2,1H3/t19-,22-/m1/s1. The molecule has 0 unspecified atom stereocenters. The number of non-ortho nitro benzene ring substituents is 1. The van der Waals surface area contributed by atoms with Crippen molar-refractivity contribution in [1.82, 2.24) is 4.90 Å². The maximum atomic E-state index is 12.9. The van der Waals surface area contributed by atoms with E-state index in [2.05, 4.69) is 4.99 Å². The molecule has 0 saturated carbocycles. The minimum atomic E-state index is -0.703. The van der Waals surface area contributed by atoms with E-state index in [1.54, 1.807) is 43.5 Å². The molecule has 2 atom stereocenters. The predicted molar refractivity (Wildman–Crippen MR) is 128 cm³/mol. The van der Waals surface area contributed by atoms with Gasteiger partial charge in [0.15, 0.2) is 6.04 Å². The van der Waals surface area contributed by atoms with Crippen LogP contribution in [0.5, 0.6) is 5.75 Å². The van der Waals surface area contributed by atoms with Crippen molar-refractivity contribution >= 4 is 47.1 Å². The predicted octanol–water partition coefficient (Wildman–Crippen LogP) is 3.54. The van der Waals surface area contributed by atoms with Crippen molar-refractivity contribution < 1.29 is 24.0 Å². The molecule has 0 aliphatic carbocycles. The van der Waals surface area contributed by atoms with Crippen LogP contribution >= 0.6 is 23.4 Å². The van der Waals surface area contributed by atoms with E-state index < -0.39 is 16.9 Å². The van der Waals surface area contributed by atoms with Crippen molar-refractivity contribution in [3.8, 4) is 5.75 Å². The molecule has 0 bridgehead atoms. The quantitative estimate of drug-likeness (QED) is 0.136. The average Bonchev–Trinajstić information content (AvgIpc) is 2.86. The van der Waals surface area contributed by atoms with Gasteiger partial charge in [-0.15, -0.1) is 23.4 Å². The molecule has 2 heterocycles. The largest absolute Gasteiger partial charge is 0.497 e. The van der Waals surface area contributed by atoms with Crippen LogP contribution in [0.4, 0.5) is 5.69 Å². The lowest BCUT2D eigenvalue weighted by molar-refractivity contribution is -0.384. The Balaban J connectivity index is 1.46. The fourth-order valence-corrected chi connectivity index (χ4v) is 5.25. The molecule has 176 valence electrons. The van der Waals surface area contributed by atoms with Crippen molar-refractivity contribution in [1.29, 1.82) is 0 Å². The summed E-state index contributed by atoms with van der Waals surface area (Å²) < 4.78 is 10.6. The highest BCUT2D eigenvalue weighted by atomic mass is 35.5. The smallest absolute Gasteiger partial charge is 0.355 e. The number of hydrogen-bond donors (Lipinski definition) is 0. The van der Waals surface area contributed by atoms with Crippen LogP contribution < -0.4 is 4.74 Å². The normalized spacial score (nSPS) is 19.6. The summed E-state index contributed by atoms with van der Waals surface area (Å²) in [5.41, 5.74) is 2.01. The summed E-state index contributed by atoms with van der Waals surface area (Å²) in [6.07, 6.45) is 1.44. The number of rotatable bonds is 8. The lowest BCUT2D eigenvalue weighted by Crippen LogP contribution is -2.64. The van der Waals surface area contributed by atoms with Gasteiger partial charge in [-0.3, -0.25) is 24.8 Å². The summed E-state index contributed by atoms with van der Waals surface area (Å²) in [6.45, 7) is 0.0378. The maximum Gasteiger partial charge on any atom is 0.355 e. The number of benzene rings is 2. The van der Waals surface area contributed by atoms with Gasteiger partial charge in [-0.25, -0.2) is 4.79 Å². The van der Waals surface area contributed by atoms with Crippen molar-refractivity contribution in [3.63, 3.8) is 0 Å². The van der Waals surface area contributed by atoms with Gasteiger partial charge in [-0.2, -0.15) is 0 Å². The molecule has 9 nitrogen and oxygen atoms in total. The molecular formula is C23H20ClN3O6S. The van der Waals surface area contributed by atoms with Crippen LogP contribution in [-0.2, 0) is 20.9 Å². The Bertz CT molecular complexity index is 1180. The van der Waals surface area contributed by atoms with E-state index in [0.29, 0.717) is 22.6 Å². The highest BCUT2D eigenvalue weighted by Crippen LogP contribution is 2.42. The molecule has 34 heavy (non-hydrogen) atoms. The molecule has 1 fully saturated rings. The number of amides is 1. The minimum absolute atomic E-state index is 0.0378. The zero-order valence-corrected chi connectivity index (χ0v) is 19.6. The second-order valence-electron chi connectivity index (χ2n) is 7.49. The van der Waals surface area contributed by atoms with Crippen molar-refractivity contribution in [2.75, 3.05) is 18.7 Å². The molecule has 4 rings (SSSR count). The molecule has 1 saturated heterocycles. The summed E-state index contributed by atoms with van der Waals surface area (Å²) in [5.74, 6) is 0.285. The molecule has 1 amide bonds. The first-order valence-corrected chi connectivity index (χ1v) is 11.8. The fraction of sp³-hybridized carbons (Fsp3) is 0.261. The molecule has 2 aromatic rings. The molecule has 0 N–H and O–H groups in total. The van der Waals surface area contributed by atoms with Crippen LogP contribution in [-0.4, -0.2) is 58.1 Å². The molecular weight excluding hydrogens is 482 g/mol. The van der Waals surface area contributed by atoms with Crippen LogP contribution in [0.2, 0.25) is 0 Å². The number of β-lactam (4-membered cyclic amide) rings is 1.